The van der Waals surface area contributed by atoms with Crippen molar-refractivity contribution >= 4 is 11.8 Å². The number of halogens is 3. The Morgan fingerprint density at radius 2 is 2.22 bits per heavy atom. The maximum atomic E-state index is 12.8. The summed E-state index contributed by atoms with van der Waals surface area (Å²) >= 11 is 0. The van der Waals surface area contributed by atoms with E-state index in [1.165, 1.54) is 6.07 Å². The minimum Gasteiger partial charge on any atom is -0.344 e. The highest BCUT2D eigenvalue weighted by Gasteiger charge is 2.33. The molecule has 2 N–H and O–H groups in total. The molecule has 144 valence electrons. The van der Waals surface area contributed by atoms with Crippen LogP contribution in [0, 0.1) is 0 Å². The summed E-state index contributed by atoms with van der Waals surface area (Å²) < 4.78 is 43.3. The van der Waals surface area contributed by atoms with Crippen LogP contribution in [0.1, 0.15) is 43.8 Å². The first-order valence-corrected chi connectivity index (χ1v) is 8.21. The van der Waals surface area contributed by atoms with Crippen LogP contribution in [0.2, 0.25) is 0 Å². The van der Waals surface area contributed by atoms with Crippen molar-refractivity contribution in [3.05, 3.63) is 29.9 Å². The number of carbonyl (C=O) groups is 2. The van der Waals surface area contributed by atoms with Gasteiger partial charge in [0.1, 0.15) is 17.8 Å². The van der Waals surface area contributed by atoms with Gasteiger partial charge in [-0.2, -0.15) is 18.2 Å². The number of alkyl halides is 3. The van der Waals surface area contributed by atoms with Gasteiger partial charge in [-0.05, 0) is 31.9 Å². The van der Waals surface area contributed by atoms with E-state index in [2.05, 4.69) is 25.8 Å². The van der Waals surface area contributed by atoms with Crippen LogP contribution in [0.15, 0.2) is 22.9 Å². The Labute approximate surface area is 151 Å². The van der Waals surface area contributed by atoms with E-state index in [9.17, 15) is 22.8 Å². The number of carbonyl (C=O) groups excluding carboxylic acids is 2. The van der Waals surface area contributed by atoms with Gasteiger partial charge in [-0.1, -0.05) is 5.16 Å². The maximum absolute atomic E-state index is 12.8. The van der Waals surface area contributed by atoms with E-state index in [1.807, 2.05) is 0 Å². The minimum absolute atomic E-state index is 0.0332. The summed E-state index contributed by atoms with van der Waals surface area (Å²) in [5.74, 6) is -0.596. The van der Waals surface area contributed by atoms with Crippen LogP contribution in [0.5, 0.6) is 0 Å². The molecule has 1 aliphatic heterocycles. The molecule has 2 amide bonds. The fourth-order valence-corrected chi connectivity index (χ4v) is 2.63. The number of pyridine rings is 1. The van der Waals surface area contributed by atoms with Gasteiger partial charge in [0.05, 0.1) is 0 Å². The molecule has 0 aromatic carbocycles. The highest BCUT2D eigenvalue weighted by atomic mass is 19.4. The second kappa shape index (κ2) is 7.33. The van der Waals surface area contributed by atoms with Crippen LogP contribution < -0.4 is 10.6 Å². The van der Waals surface area contributed by atoms with Crippen LogP contribution >= 0.6 is 0 Å². The van der Waals surface area contributed by atoms with E-state index in [4.69, 9.17) is 4.52 Å². The zero-order valence-electron chi connectivity index (χ0n) is 14.2. The normalized spacial score (nSPS) is 18.7. The molecule has 1 saturated heterocycles. The van der Waals surface area contributed by atoms with Gasteiger partial charge >= 0.3 is 6.18 Å². The summed E-state index contributed by atoms with van der Waals surface area (Å²) in [5.41, 5.74) is -0.980. The molecule has 8 nitrogen and oxygen atoms in total. The third-order valence-electron chi connectivity index (χ3n) is 4.03. The molecule has 0 aliphatic carbocycles. The largest absolute Gasteiger partial charge is 0.433 e. The Morgan fingerprint density at radius 3 is 2.93 bits per heavy atom. The number of hydrogen-bond donors (Lipinski definition) is 2. The van der Waals surface area contributed by atoms with Crippen molar-refractivity contribution in [1.82, 2.24) is 25.8 Å². The highest BCUT2D eigenvalue weighted by Crippen LogP contribution is 2.30. The van der Waals surface area contributed by atoms with Gasteiger partial charge < -0.3 is 15.2 Å². The molecular weight excluding hydrogens is 367 g/mol. The van der Waals surface area contributed by atoms with E-state index >= 15 is 0 Å². The highest BCUT2D eigenvalue weighted by molar-refractivity contribution is 5.88. The third-order valence-corrected chi connectivity index (χ3v) is 4.03. The monoisotopic (exact) mass is 383 g/mol. The average molecular weight is 383 g/mol. The SMILES string of the molecule is CC(NC(=O)[C@H]1CCCC(=O)N1)c1nc(-c2ccnc(C(F)(F)F)c2)no1. The van der Waals surface area contributed by atoms with E-state index in [1.54, 1.807) is 6.92 Å². The molecule has 3 rings (SSSR count). The van der Waals surface area contributed by atoms with Gasteiger partial charge in [0.2, 0.25) is 23.5 Å². The molecule has 0 spiro atoms. The Morgan fingerprint density at radius 1 is 1.44 bits per heavy atom. The van der Waals surface area contributed by atoms with Crippen molar-refractivity contribution in [3.8, 4) is 11.4 Å². The number of piperidine rings is 1. The number of nitrogens with one attached hydrogen (secondary N) is 2. The van der Waals surface area contributed by atoms with Gasteiger partial charge in [0.25, 0.3) is 0 Å². The third kappa shape index (κ3) is 4.41. The van der Waals surface area contributed by atoms with Crippen LogP contribution in [0.3, 0.4) is 0 Å². The zero-order valence-corrected chi connectivity index (χ0v) is 14.2. The number of nitrogens with zero attached hydrogens (tertiary/aromatic N) is 3. The lowest BCUT2D eigenvalue weighted by molar-refractivity contribution is -0.141. The molecular formula is C16H16F3N5O3. The fourth-order valence-electron chi connectivity index (χ4n) is 2.63. The van der Waals surface area contributed by atoms with E-state index < -0.39 is 29.9 Å². The number of amides is 2. The Balaban J connectivity index is 1.70. The fraction of sp³-hybridized carbons (Fsp3) is 0.438. The van der Waals surface area contributed by atoms with Crippen LogP contribution in [-0.2, 0) is 15.8 Å². The first-order valence-electron chi connectivity index (χ1n) is 8.21. The molecule has 1 aliphatic rings. The van der Waals surface area contributed by atoms with Crippen LogP contribution in [0.4, 0.5) is 13.2 Å². The number of rotatable bonds is 4. The summed E-state index contributed by atoms with van der Waals surface area (Å²) in [5, 5.41) is 8.90. The predicted octanol–water partition coefficient (Wildman–Crippen LogP) is 2.00. The zero-order chi connectivity index (χ0) is 19.6. The average Bonchev–Trinajstić information content (AvgIpc) is 3.11. The summed E-state index contributed by atoms with van der Waals surface area (Å²) in [4.78, 5) is 30.9. The summed E-state index contributed by atoms with van der Waals surface area (Å²) in [7, 11) is 0. The van der Waals surface area contributed by atoms with Crippen LogP contribution in [-0.4, -0.2) is 33.0 Å². The smallest absolute Gasteiger partial charge is 0.344 e. The first-order chi connectivity index (χ1) is 12.7. The van der Waals surface area contributed by atoms with Crippen molar-refractivity contribution in [2.24, 2.45) is 0 Å². The molecule has 0 saturated carbocycles. The molecule has 11 heteroatoms. The Bertz CT molecular complexity index is 852. The van der Waals surface area contributed by atoms with Crippen molar-refractivity contribution in [3.63, 3.8) is 0 Å². The minimum atomic E-state index is -4.59. The Hall–Kier alpha value is -2.98. The summed E-state index contributed by atoms with van der Waals surface area (Å²) in [6.07, 6.45) is -2.05. The topological polar surface area (TPSA) is 110 Å². The summed E-state index contributed by atoms with van der Waals surface area (Å²) in [6.45, 7) is 1.59. The molecule has 2 atom stereocenters. The summed E-state index contributed by atoms with van der Waals surface area (Å²) in [6, 6.07) is 0.826. The molecule has 2 aromatic rings. The molecule has 1 unspecified atom stereocenters. The maximum Gasteiger partial charge on any atom is 0.433 e. The second-order valence-corrected chi connectivity index (χ2v) is 6.13. The molecule has 3 heterocycles. The Kier molecular flexibility index (Phi) is 5.10. The van der Waals surface area contributed by atoms with Crippen molar-refractivity contribution in [2.75, 3.05) is 0 Å². The van der Waals surface area contributed by atoms with Crippen molar-refractivity contribution < 1.29 is 27.3 Å². The lowest BCUT2D eigenvalue weighted by Gasteiger charge is -2.23. The second-order valence-electron chi connectivity index (χ2n) is 6.13. The molecule has 0 bridgehead atoms. The van der Waals surface area contributed by atoms with Crippen molar-refractivity contribution in [2.45, 2.75) is 44.4 Å². The molecule has 1 fully saturated rings. The van der Waals surface area contributed by atoms with Crippen LogP contribution in [0.25, 0.3) is 11.4 Å². The number of aromatic nitrogens is 3. The van der Waals surface area contributed by atoms with Gasteiger partial charge in [0, 0.05) is 18.2 Å². The van der Waals surface area contributed by atoms with Gasteiger partial charge in [-0.25, -0.2) is 0 Å². The van der Waals surface area contributed by atoms with Gasteiger partial charge in [-0.3, -0.25) is 14.6 Å². The van der Waals surface area contributed by atoms with Gasteiger partial charge in [-0.15, -0.1) is 0 Å². The molecule has 2 aromatic heterocycles. The van der Waals surface area contributed by atoms with E-state index in [0.29, 0.717) is 19.3 Å². The first kappa shape index (κ1) is 18.8. The van der Waals surface area contributed by atoms with E-state index in [-0.39, 0.29) is 23.2 Å². The number of hydrogen-bond acceptors (Lipinski definition) is 6. The quantitative estimate of drug-likeness (QED) is 0.836. The lowest BCUT2D eigenvalue weighted by atomic mass is 10.0. The van der Waals surface area contributed by atoms with E-state index in [0.717, 1.165) is 12.3 Å². The standard InChI is InChI=1S/C16H16F3N5O3/c1-8(21-14(26)10-3-2-4-12(25)22-10)15-23-13(24-27-15)9-5-6-20-11(7-9)16(17,18)19/h5-8,10H,2-4H2,1H3,(H,21,26)(H,22,25)/t8?,10-/m1/s1. The molecule has 27 heavy (non-hydrogen) atoms. The predicted molar refractivity (Wildman–Crippen MR) is 84.9 cm³/mol. The van der Waals surface area contributed by atoms with Crippen molar-refractivity contribution in [1.29, 1.82) is 0 Å². The van der Waals surface area contributed by atoms with Gasteiger partial charge in [0.15, 0.2) is 0 Å². The lowest BCUT2D eigenvalue weighted by Crippen LogP contribution is -2.49. The molecule has 0 radical (unpaired) electrons.